The normalized spacial score (nSPS) is 16.9. The summed E-state index contributed by atoms with van der Waals surface area (Å²) in [6, 6.07) is 20.6. The molecule has 30 heavy (non-hydrogen) atoms. The maximum Gasteiger partial charge on any atom is 0.234 e. The lowest BCUT2D eigenvalue weighted by Gasteiger charge is -2.36. The molecule has 0 saturated heterocycles. The number of para-hydroxylation sites is 1. The zero-order valence-electron chi connectivity index (χ0n) is 18.1. The van der Waals surface area contributed by atoms with Crippen molar-refractivity contribution >= 4 is 22.6 Å². The van der Waals surface area contributed by atoms with Crippen LogP contribution in [0, 0.1) is 5.92 Å². The third-order valence-electron chi connectivity index (χ3n) is 5.43. The van der Waals surface area contributed by atoms with Crippen LogP contribution < -0.4 is 0 Å². The molecular weight excluding hydrogens is 374 g/mol. The van der Waals surface area contributed by atoms with Gasteiger partial charge in [-0.15, -0.1) is 0 Å². The molecule has 0 bridgehead atoms. The highest BCUT2D eigenvalue weighted by molar-refractivity contribution is 5.90. The van der Waals surface area contributed by atoms with Gasteiger partial charge < -0.3 is 14.4 Å². The van der Waals surface area contributed by atoms with Crippen LogP contribution in [0.15, 0.2) is 77.7 Å². The monoisotopic (exact) mass is 403 g/mol. The average molecular weight is 404 g/mol. The summed E-state index contributed by atoms with van der Waals surface area (Å²) in [6.07, 6.45) is 2.96. The van der Waals surface area contributed by atoms with Crippen molar-refractivity contribution in [1.29, 1.82) is 0 Å². The van der Waals surface area contributed by atoms with Crippen molar-refractivity contribution in [2.24, 2.45) is 10.9 Å². The fourth-order valence-corrected chi connectivity index (χ4v) is 3.92. The summed E-state index contributed by atoms with van der Waals surface area (Å²) in [5, 5.41) is 1.16. The third-order valence-corrected chi connectivity index (χ3v) is 5.43. The number of likely N-dealkylation sites (N-methyl/N-ethyl adjacent to an activating group) is 1. The second-order valence-corrected chi connectivity index (χ2v) is 8.06. The molecule has 0 radical (unpaired) electrons. The van der Waals surface area contributed by atoms with E-state index in [1.54, 1.807) is 7.11 Å². The molecule has 2 heterocycles. The predicted molar refractivity (Wildman–Crippen MR) is 122 cm³/mol. The lowest BCUT2D eigenvalue weighted by atomic mass is 10.0. The van der Waals surface area contributed by atoms with Crippen LogP contribution in [0.5, 0.6) is 0 Å². The van der Waals surface area contributed by atoms with Gasteiger partial charge in [-0.25, -0.2) is 0 Å². The van der Waals surface area contributed by atoms with Crippen LogP contribution >= 0.6 is 0 Å². The lowest BCUT2D eigenvalue weighted by Crippen LogP contribution is -2.43. The fourth-order valence-electron chi connectivity index (χ4n) is 3.92. The van der Waals surface area contributed by atoms with Gasteiger partial charge in [0, 0.05) is 13.2 Å². The summed E-state index contributed by atoms with van der Waals surface area (Å²) in [5.41, 5.74) is 2.21. The first-order valence-corrected chi connectivity index (χ1v) is 10.4. The van der Waals surface area contributed by atoms with Crippen molar-refractivity contribution in [3.63, 3.8) is 0 Å². The standard InChI is InChI=1S/C25H29N3O2/c1-18(2)16-22-24(30-17-19-10-6-5-7-11-19)26-23(25(29-4)27(22)3)28-15-14-20-12-8-9-13-21(20)28/h5-15,18,22H,16-17H2,1-4H3. The summed E-state index contributed by atoms with van der Waals surface area (Å²) in [4.78, 5) is 7.15. The van der Waals surface area contributed by atoms with Crippen molar-refractivity contribution in [3.05, 3.63) is 78.3 Å². The Bertz CT molecular complexity index is 1070. The minimum Gasteiger partial charge on any atom is -0.480 e. The van der Waals surface area contributed by atoms with Gasteiger partial charge in [-0.1, -0.05) is 62.4 Å². The van der Waals surface area contributed by atoms with E-state index in [-0.39, 0.29) is 6.04 Å². The average Bonchev–Trinajstić information content (AvgIpc) is 3.18. The molecule has 0 fully saturated rings. The number of nitrogens with zero attached hydrogens (tertiary/aromatic N) is 3. The molecule has 156 valence electrons. The van der Waals surface area contributed by atoms with Crippen molar-refractivity contribution in [2.75, 3.05) is 14.2 Å². The number of hydrogen-bond donors (Lipinski definition) is 0. The number of benzene rings is 2. The van der Waals surface area contributed by atoms with Crippen LogP contribution in [0.4, 0.5) is 0 Å². The van der Waals surface area contributed by atoms with Gasteiger partial charge in [-0.3, -0.25) is 4.57 Å². The number of ether oxygens (including phenoxy) is 2. The van der Waals surface area contributed by atoms with Crippen LogP contribution in [0.25, 0.3) is 16.7 Å². The number of aromatic nitrogens is 1. The van der Waals surface area contributed by atoms with E-state index in [0.29, 0.717) is 12.5 Å². The van der Waals surface area contributed by atoms with Crippen molar-refractivity contribution in [1.82, 2.24) is 9.47 Å². The SMILES string of the molecule is COC1=C(n2ccc3ccccc32)N=C(OCc2ccccc2)C(CC(C)C)N1C. The summed E-state index contributed by atoms with van der Waals surface area (Å²) >= 11 is 0. The fraction of sp³-hybridized carbons (Fsp3) is 0.320. The Labute approximate surface area is 178 Å². The van der Waals surface area contributed by atoms with Gasteiger partial charge in [0.15, 0.2) is 0 Å². The molecule has 1 aliphatic rings. The molecule has 0 N–H and O–H groups in total. The minimum atomic E-state index is 0.0224. The molecule has 2 aromatic carbocycles. The Balaban J connectivity index is 1.76. The highest BCUT2D eigenvalue weighted by Crippen LogP contribution is 2.31. The van der Waals surface area contributed by atoms with Crippen molar-refractivity contribution in [3.8, 4) is 0 Å². The van der Waals surface area contributed by atoms with E-state index in [1.807, 2.05) is 36.5 Å². The van der Waals surface area contributed by atoms with Gasteiger partial charge >= 0.3 is 0 Å². The van der Waals surface area contributed by atoms with Crippen molar-refractivity contribution in [2.45, 2.75) is 32.9 Å². The molecular formula is C25H29N3O2. The van der Waals surface area contributed by atoms with Gasteiger partial charge in [-0.05, 0) is 35.4 Å². The summed E-state index contributed by atoms with van der Waals surface area (Å²) in [6.45, 7) is 4.92. The first-order valence-electron chi connectivity index (χ1n) is 10.4. The van der Waals surface area contributed by atoms with E-state index in [9.17, 15) is 0 Å². The Morgan fingerprint density at radius 1 is 1.00 bits per heavy atom. The zero-order chi connectivity index (χ0) is 21.1. The molecule has 1 aliphatic heterocycles. The van der Waals surface area contributed by atoms with Crippen LogP contribution in [0.1, 0.15) is 25.8 Å². The Hall–Kier alpha value is -3.21. The van der Waals surface area contributed by atoms with Gasteiger partial charge in [0.1, 0.15) is 12.6 Å². The minimum absolute atomic E-state index is 0.0224. The van der Waals surface area contributed by atoms with E-state index in [1.165, 1.54) is 0 Å². The van der Waals surface area contributed by atoms with E-state index in [2.05, 4.69) is 60.7 Å². The number of hydrogen-bond acceptors (Lipinski definition) is 4. The third kappa shape index (κ3) is 3.92. The van der Waals surface area contributed by atoms with Crippen molar-refractivity contribution < 1.29 is 9.47 Å². The molecule has 5 heteroatoms. The molecule has 1 unspecified atom stereocenters. The quantitative estimate of drug-likeness (QED) is 0.557. The Kier molecular flexibility index (Phi) is 5.79. The van der Waals surface area contributed by atoms with Crippen LogP contribution in [-0.2, 0) is 16.1 Å². The molecule has 0 spiro atoms. The van der Waals surface area contributed by atoms with Gasteiger partial charge in [0.25, 0.3) is 0 Å². The van der Waals surface area contributed by atoms with Gasteiger partial charge in [-0.2, -0.15) is 4.99 Å². The van der Waals surface area contributed by atoms with Crippen LogP contribution in [-0.4, -0.2) is 35.6 Å². The number of methoxy groups -OCH3 is 1. The maximum atomic E-state index is 6.29. The molecule has 1 aromatic heterocycles. The molecule has 4 rings (SSSR count). The van der Waals surface area contributed by atoms with Gasteiger partial charge in [0.2, 0.25) is 17.6 Å². The molecule has 5 nitrogen and oxygen atoms in total. The first kappa shape index (κ1) is 20.1. The summed E-state index contributed by atoms with van der Waals surface area (Å²) in [7, 11) is 3.76. The number of rotatable bonds is 6. The lowest BCUT2D eigenvalue weighted by molar-refractivity contribution is 0.131. The van der Waals surface area contributed by atoms with E-state index in [0.717, 1.165) is 40.5 Å². The first-order chi connectivity index (χ1) is 14.6. The highest BCUT2D eigenvalue weighted by Gasteiger charge is 2.33. The topological polar surface area (TPSA) is 39.0 Å². The zero-order valence-corrected chi connectivity index (χ0v) is 18.1. The molecule has 1 atom stereocenters. The molecule has 3 aromatic rings. The van der Waals surface area contributed by atoms with Crippen LogP contribution in [0.2, 0.25) is 0 Å². The summed E-state index contributed by atoms with van der Waals surface area (Å²) in [5.74, 6) is 2.71. The largest absolute Gasteiger partial charge is 0.480 e. The van der Waals surface area contributed by atoms with E-state index < -0.39 is 0 Å². The Morgan fingerprint density at radius 3 is 2.47 bits per heavy atom. The number of fused-ring (bicyclic) bond motifs is 1. The molecule has 0 aliphatic carbocycles. The smallest absolute Gasteiger partial charge is 0.234 e. The second kappa shape index (κ2) is 8.66. The summed E-state index contributed by atoms with van der Waals surface area (Å²) < 4.78 is 14.2. The molecule has 0 saturated carbocycles. The number of aliphatic imine (C=N–C) groups is 1. The Morgan fingerprint density at radius 2 is 1.73 bits per heavy atom. The van der Waals surface area contributed by atoms with E-state index in [4.69, 9.17) is 14.5 Å². The van der Waals surface area contributed by atoms with E-state index >= 15 is 0 Å². The second-order valence-electron chi connectivity index (χ2n) is 8.06. The van der Waals surface area contributed by atoms with Crippen LogP contribution in [0.3, 0.4) is 0 Å². The predicted octanol–water partition coefficient (Wildman–Crippen LogP) is 5.35. The van der Waals surface area contributed by atoms with Gasteiger partial charge in [0.05, 0.1) is 12.6 Å². The maximum absolute atomic E-state index is 6.29. The highest BCUT2D eigenvalue weighted by atomic mass is 16.5. The molecule has 0 amide bonds.